The van der Waals surface area contributed by atoms with Gasteiger partial charge in [-0.2, -0.15) is 0 Å². The van der Waals surface area contributed by atoms with Crippen LogP contribution in [0.15, 0.2) is 72.8 Å². The number of benzene rings is 3. The number of fused-ring (bicyclic) bond motifs is 1. The topological polar surface area (TPSA) is 0 Å². The lowest BCUT2D eigenvalue weighted by atomic mass is 9.90. The molecule has 0 fully saturated rings. The van der Waals surface area contributed by atoms with Crippen molar-refractivity contribution in [3.63, 3.8) is 0 Å². The number of aryl methyl sites for hydroxylation is 1. The average Bonchev–Trinajstić information content (AvgIpc) is 2.53. The quantitative estimate of drug-likeness (QED) is 0.574. The van der Waals surface area contributed by atoms with E-state index in [9.17, 15) is 0 Å². The molecule has 0 unspecified atom stereocenters. The predicted molar refractivity (Wildman–Crippen MR) is 87.1 cm³/mol. The second-order valence-electron chi connectivity index (χ2n) is 5.49. The third-order valence-corrected chi connectivity index (χ3v) is 4.06. The molecule has 0 aliphatic rings. The van der Waals surface area contributed by atoms with Gasteiger partial charge >= 0.3 is 0 Å². The summed E-state index contributed by atoms with van der Waals surface area (Å²) in [6.07, 6.45) is 2.34. The minimum Gasteiger partial charge on any atom is -0.0622 e. The first-order valence-corrected chi connectivity index (χ1v) is 7.36. The summed E-state index contributed by atoms with van der Waals surface area (Å²) >= 11 is 0. The fourth-order valence-electron chi connectivity index (χ4n) is 2.86. The summed E-state index contributed by atoms with van der Waals surface area (Å²) in [6, 6.07) is 26.1. The first-order valence-electron chi connectivity index (χ1n) is 7.36. The third-order valence-electron chi connectivity index (χ3n) is 4.06. The molecule has 0 N–H and O–H groups in total. The highest BCUT2D eigenvalue weighted by Crippen LogP contribution is 2.28. The number of hydrogen-bond acceptors (Lipinski definition) is 0. The zero-order valence-corrected chi connectivity index (χ0v) is 11.9. The van der Waals surface area contributed by atoms with Crippen molar-refractivity contribution in [1.29, 1.82) is 0 Å². The van der Waals surface area contributed by atoms with E-state index in [0.717, 1.165) is 6.42 Å². The van der Waals surface area contributed by atoms with E-state index < -0.39 is 0 Å². The molecule has 20 heavy (non-hydrogen) atoms. The highest BCUT2D eigenvalue weighted by Gasteiger charge is 2.09. The zero-order valence-electron chi connectivity index (χ0n) is 11.9. The molecule has 0 aliphatic carbocycles. The standard InChI is InChI=1S/C20H20/c1-16(14-15-17-8-3-2-4-9-17)19-13-7-11-18-10-5-6-12-20(18)19/h2-13,16H,14-15H2,1H3/t16-/m1/s1. The van der Waals surface area contributed by atoms with E-state index in [0.29, 0.717) is 5.92 Å². The van der Waals surface area contributed by atoms with Gasteiger partial charge in [-0.25, -0.2) is 0 Å². The Morgan fingerprint density at radius 3 is 2.30 bits per heavy atom. The molecule has 0 aromatic heterocycles. The largest absolute Gasteiger partial charge is 0.0622 e. The second kappa shape index (κ2) is 5.92. The van der Waals surface area contributed by atoms with Crippen molar-refractivity contribution >= 4 is 10.8 Å². The van der Waals surface area contributed by atoms with E-state index in [4.69, 9.17) is 0 Å². The lowest BCUT2D eigenvalue weighted by Gasteiger charge is -2.14. The Kier molecular flexibility index (Phi) is 3.83. The number of rotatable bonds is 4. The molecule has 0 amide bonds. The summed E-state index contributed by atoms with van der Waals surface area (Å²) in [5.41, 5.74) is 2.90. The van der Waals surface area contributed by atoms with Crippen LogP contribution >= 0.6 is 0 Å². The average molecular weight is 260 g/mol. The molecule has 0 spiro atoms. The Balaban J connectivity index is 1.80. The van der Waals surface area contributed by atoms with Crippen LogP contribution in [0.2, 0.25) is 0 Å². The van der Waals surface area contributed by atoms with Gasteiger partial charge in [0.05, 0.1) is 0 Å². The monoisotopic (exact) mass is 260 g/mol. The smallest absolute Gasteiger partial charge is 0.0149 e. The molecule has 3 aromatic carbocycles. The highest BCUT2D eigenvalue weighted by molar-refractivity contribution is 5.86. The van der Waals surface area contributed by atoms with Gasteiger partial charge in [0.2, 0.25) is 0 Å². The van der Waals surface area contributed by atoms with Crippen LogP contribution in [0.4, 0.5) is 0 Å². The van der Waals surface area contributed by atoms with E-state index in [1.54, 1.807) is 0 Å². The lowest BCUT2D eigenvalue weighted by Crippen LogP contribution is -1.97. The Morgan fingerprint density at radius 2 is 1.45 bits per heavy atom. The maximum Gasteiger partial charge on any atom is -0.0149 e. The van der Waals surface area contributed by atoms with Crippen LogP contribution in [0.1, 0.15) is 30.4 Å². The predicted octanol–water partition coefficient (Wildman–Crippen LogP) is 5.58. The summed E-state index contributed by atoms with van der Waals surface area (Å²) in [5, 5.41) is 2.74. The molecule has 0 bridgehead atoms. The Labute approximate surface area is 121 Å². The van der Waals surface area contributed by atoms with Gasteiger partial charge in [-0.3, -0.25) is 0 Å². The molecular formula is C20H20. The van der Waals surface area contributed by atoms with Crippen molar-refractivity contribution in [2.24, 2.45) is 0 Å². The van der Waals surface area contributed by atoms with Crippen LogP contribution < -0.4 is 0 Å². The van der Waals surface area contributed by atoms with Gasteiger partial charge in [-0.05, 0) is 40.7 Å². The minimum absolute atomic E-state index is 0.585. The van der Waals surface area contributed by atoms with E-state index in [-0.39, 0.29) is 0 Å². The molecule has 3 aromatic rings. The van der Waals surface area contributed by atoms with Gasteiger partial charge in [0.15, 0.2) is 0 Å². The molecular weight excluding hydrogens is 240 g/mol. The molecule has 100 valence electrons. The van der Waals surface area contributed by atoms with Crippen LogP contribution in [0.3, 0.4) is 0 Å². The van der Waals surface area contributed by atoms with Crippen LogP contribution in [0.5, 0.6) is 0 Å². The molecule has 0 aliphatic heterocycles. The van der Waals surface area contributed by atoms with Crippen molar-refractivity contribution in [3.05, 3.63) is 83.9 Å². The fourth-order valence-corrected chi connectivity index (χ4v) is 2.86. The molecule has 3 rings (SSSR count). The van der Waals surface area contributed by atoms with Crippen molar-refractivity contribution in [2.75, 3.05) is 0 Å². The van der Waals surface area contributed by atoms with Crippen molar-refractivity contribution in [1.82, 2.24) is 0 Å². The van der Waals surface area contributed by atoms with E-state index >= 15 is 0 Å². The lowest BCUT2D eigenvalue weighted by molar-refractivity contribution is 0.684. The highest BCUT2D eigenvalue weighted by atomic mass is 14.1. The fraction of sp³-hybridized carbons (Fsp3) is 0.200. The van der Waals surface area contributed by atoms with Crippen molar-refractivity contribution in [3.8, 4) is 0 Å². The molecule has 1 atom stereocenters. The van der Waals surface area contributed by atoms with Gasteiger partial charge in [-0.15, -0.1) is 0 Å². The summed E-state index contributed by atoms with van der Waals surface area (Å²) in [5.74, 6) is 0.585. The SMILES string of the molecule is C[C@H](CCc1ccccc1)c1cccc2ccccc12. The van der Waals surface area contributed by atoms with Crippen LogP contribution in [0.25, 0.3) is 10.8 Å². The number of hydrogen-bond donors (Lipinski definition) is 0. The first-order chi connectivity index (χ1) is 9.84. The van der Waals surface area contributed by atoms with E-state index in [1.807, 2.05) is 0 Å². The van der Waals surface area contributed by atoms with Crippen LogP contribution in [0, 0.1) is 0 Å². The van der Waals surface area contributed by atoms with Crippen LogP contribution in [-0.4, -0.2) is 0 Å². The molecule has 0 saturated heterocycles. The molecule has 0 nitrogen and oxygen atoms in total. The van der Waals surface area contributed by atoms with E-state index in [1.165, 1.54) is 28.3 Å². The Hall–Kier alpha value is -2.08. The first kappa shape index (κ1) is 12.9. The van der Waals surface area contributed by atoms with Gasteiger partial charge in [0, 0.05) is 0 Å². The summed E-state index contributed by atoms with van der Waals surface area (Å²) in [6.45, 7) is 2.34. The van der Waals surface area contributed by atoms with Crippen LogP contribution in [-0.2, 0) is 6.42 Å². The molecule has 0 radical (unpaired) electrons. The Morgan fingerprint density at radius 1 is 0.750 bits per heavy atom. The minimum atomic E-state index is 0.585. The van der Waals surface area contributed by atoms with Gasteiger partial charge in [-0.1, -0.05) is 79.7 Å². The van der Waals surface area contributed by atoms with Gasteiger partial charge in [0.25, 0.3) is 0 Å². The maximum atomic E-state index is 2.34. The van der Waals surface area contributed by atoms with Gasteiger partial charge in [0.1, 0.15) is 0 Å². The molecule has 0 heteroatoms. The summed E-state index contributed by atoms with van der Waals surface area (Å²) < 4.78 is 0. The van der Waals surface area contributed by atoms with Crippen molar-refractivity contribution in [2.45, 2.75) is 25.7 Å². The Bertz CT molecular complexity index is 677. The summed E-state index contributed by atoms with van der Waals surface area (Å²) in [4.78, 5) is 0. The third kappa shape index (κ3) is 2.75. The molecule has 0 saturated carbocycles. The van der Waals surface area contributed by atoms with Gasteiger partial charge < -0.3 is 0 Å². The maximum absolute atomic E-state index is 2.34. The van der Waals surface area contributed by atoms with Crippen molar-refractivity contribution < 1.29 is 0 Å². The molecule has 0 heterocycles. The zero-order chi connectivity index (χ0) is 13.8. The second-order valence-corrected chi connectivity index (χ2v) is 5.49. The van der Waals surface area contributed by atoms with E-state index in [2.05, 4.69) is 79.7 Å². The summed E-state index contributed by atoms with van der Waals surface area (Å²) in [7, 11) is 0. The normalized spacial score (nSPS) is 12.4.